The van der Waals surface area contributed by atoms with Crippen molar-refractivity contribution >= 4 is 11.6 Å². The minimum absolute atomic E-state index is 0.0358. The van der Waals surface area contributed by atoms with Crippen LogP contribution in [0.3, 0.4) is 0 Å². The number of amides is 1. The van der Waals surface area contributed by atoms with E-state index in [0.717, 1.165) is 12.3 Å². The van der Waals surface area contributed by atoms with E-state index >= 15 is 0 Å². The Bertz CT molecular complexity index is 446. The van der Waals surface area contributed by atoms with E-state index in [1.54, 1.807) is 6.07 Å². The van der Waals surface area contributed by atoms with Gasteiger partial charge in [-0.15, -0.1) is 0 Å². The summed E-state index contributed by atoms with van der Waals surface area (Å²) in [6, 6.07) is 4.41. The van der Waals surface area contributed by atoms with Gasteiger partial charge in [-0.2, -0.15) is 0 Å². The molecule has 1 saturated carbocycles. The number of anilines is 1. The Morgan fingerprint density at radius 3 is 2.89 bits per heavy atom. The Labute approximate surface area is 106 Å². The fourth-order valence-electron chi connectivity index (χ4n) is 2.07. The molecule has 4 nitrogen and oxygen atoms in total. The Morgan fingerprint density at radius 1 is 1.56 bits per heavy atom. The Hall–Kier alpha value is -1.62. The summed E-state index contributed by atoms with van der Waals surface area (Å²) in [5.74, 6) is 5.15. The Balaban J connectivity index is 2.05. The van der Waals surface area contributed by atoms with E-state index in [-0.39, 0.29) is 23.2 Å². The molecular formula is C13H18FN3O. The number of carbonyl (C=O) groups excluding carboxylic acids is 1. The number of carbonyl (C=O) groups is 1. The highest BCUT2D eigenvalue weighted by molar-refractivity contribution is 5.99. The van der Waals surface area contributed by atoms with Crippen LogP contribution in [0.4, 0.5) is 10.1 Å². The lowest BCUT2D eigenvalue weighted by molar-refractivity contribution is 0.0938. The number of nitrogens with two attached hydrogens (primary N) is 1. The normalized spacial score (nSPS) is 16.2. The summed E-state index contributed by atoms with van der Waals surface area (Å²) in [7, 11) is 0. The largest absolute Gasteiger partial charge is 0.350 e. The average Bonchev–Trinajstić information content (AvgIpc) is 3.12. The van der Waals surface area contributed by atoms with Gasteiger partial charge >= 0.3 is 0 Å². The molecule has 1 atom stereocenters. The van der Waals surface area contributed by atoms with Crippen molar-refractivity contribution in [2.45, 2.75) is 32.2 Å². The topological polar surface area (TPSA) is 67.2 Å². The summed E-state index contributed by atoms with van der Waals surface area (Å²) in [5, 5.41) is 2.87. The van der Waals surface area contributed by atoms with Crippen LogP contribution in [0.1, 0.15) is 36.5 Å². The number of nitrogens with one attached hydrogen (secondary N) is 2. The highest BCUT2D eigenvalue weighted by Gasteiger charge is 2.25. The lowest BCUT2D eigenvalue weighted by atomic mass is 10.1. The van der Waals surface area contributed by atoms with Gasteiger partial charge in [0.25, 0.3) is 5.91 Å². The maximum absolute atomic E-state index is 13.4. The number of nitrogen functional groups attached to an aromatic ring is 1. The van der Waals surface area contributed by atoms with Crippen LogP contribution in [0.15, 0.2) is 18.2 Å². The summed E-state index contributed by atoms with van der Waals surface area (Å²) in [4.78, 5) is 12.0. The predicted molar refractivity (Wildman–Crippen MR) is 68.5 cm³/mol. The first-order valence-corrected chi connectivity index (χ1v) is 6.17. The van der Waals surface area contributed by atoms with E-state index in [1.165, 1.54) is 25.0 Å². The smallest absolute Gasteiger partial charge is 0.253 e. The molecule has 1 unspecified atom stereocenters. The lowest BCUT2D eigenvalue weighted by Crippen LogP contribution is -2.33. The van der Waals surface area contributed by atoms with E-state index < -0.39 is 5.82 Å². The van der Waals surface area contributed by atoms with Crippen molar-refractivity contribution in [3.63, 3.8) is 0 Å². The quantitative estimate of drug-likeness (QED) is 0.554. The molecule has 0 radical (unpaired) electrons. The van der Waals surface area contributed by atoms with Crippen molar-refractivity contribution in [3.8, 4) is 0 Å². The summed E-state index contributed by atoms with van der Waals surface area (Å²) < 4.78 is 13.4. The van der Waals surface area contributed by atoms with Crippen LogP contribution >= 0.6 is 0 Å². The van der Waals surface area contributed by atoms with Crippen molar-refractivity contribution in [1.29, 1.82) is 0 Å². The number of hydrogen-bond donors (Lipinski definition) is 3. The van der Waals surface area contributed by atoms with Crippen LogP contribution < -0.4 is 16.6 Å². The molecule has 5 heteroatoms. The molecule has 0 spiro atoms. The number of halogens is 1. The van der Waals surface area contributed by atoms with Crippen molar-refractivity contribution in [1.82, 2.24) is 5.32 Å². The number of hydrazine groups is 1. The summed E-state index contributed by atoms with van der Waals surface area (Å²) in [6.45, 7) is 1.96. The summed E-state index contributed by atoms with van der Waals surface area (Å²) >= 11 is 0. The van der Waals surface area contributed by atoms with Gasteiger partial charge in [0.1, 0.15) is 5.82 Å². The number of hydrogen-bond acceptors (Lipinski definition) is 3. The van der Waals surface area contributed by atoms with Crippen LogP contribution in [0.2, 0.25) is 0 Å². The van der Waals surface area contributed by atoms with Crippen LogP contribution in [0, 0.1) is 11.7 Å². The molecule has 1 aromatic rings. The molecule has 98 valence electrons. The number of para-hydroxylation sites is 1. The zero-order chi connectivity index (χ0) is 13.1. The van der Waals surface area contributed by atoms with Crippen LogP contribution in [0.25, 0.3) is 0 Å². The van der Waals surface area contributed by atoms with Gasteiger partial charge in [0.15, 0.2) is 0 Å². The molecule has 1 amide bonds. The van der Waals surface area contributed by atoms with Crippen molar-refractivity contribution < 1.29 is 9.18 Å². The Morgan fingerprint density at radius 2 is 2.28 bits per heavy atom. The lowest BCUT2D eigenvalue weighted by Gasteiger charge is -2.15. The first-order chi connectivity index (χ1) is 8.61. The fourth-order valence-corrected chi connectivity index (χ4v) is 2.07. The van der Waals surface area contributed by atoms with E-state index in [2.05, 4.69) is 10.7 Å². The summed E-state index contributed by atoms with van der Waals surface area (Å²) in [5.41, 5.74) is 2.51. The van der Waals surface area contributed by atoms with E-state index in [4.69, 9.17) is 5.84 Å². The highest BCUT2D eigenvalue weighted by atomic mass is 19.1. The molecule has 18 heavy (non-hydrogen) atoms. The second-order valence-corrected chi connectivity index (χ2v) is 4.86. The van der Waals surface area contributed by atoms with Gasteiger partial charge in [0.05, 0.1) is 11.3 Å². The maximum Gasteiger partial charge on any atom is 0.253 e. The molecule has 2 rings (SSSR count). The van der Waals surface area contributed by atoms with Gasteiger partial charge in [-0.25, -0.2) is 4.39 Å². The second kappa shape index (κ2) is 5.35. The zero-order valence-corrected chi connectivity index (χ0v) is 10.4. The molecule has 0 aliphatic heterocycles. The van der Waals surface area contributed by atoms with Gasteiger partial charge in [-0.1, -0.05) is 18.9 Å². The third kappa shape index (κ3) is 2.98. The molecule has 1 aromatic carbocycles. The van der Waals surface area contributed by atoms with Gasteiger partial charge in [0, 0.05) is 6.04 Å². The third-order valence-electron chi connectivity index (χ3n) is 3.16. The van der Waals surface area contributed by atoms with Crippen molar-refractivity contribution in [3.05, 3.63) is 29.6 Å². The fraction of sp³-hybridized carbons (Fsp3) is 0.462. The molecule has 0 saturated heterocycles. The van der Waals surface area contributed by atoms with Crippen LogP contribution in [-0.2, 0) is 0 Å². The molecule has 4 N–H and O–H groups in total. The second-order valence-electron chi connectivity index (χ2n) is 4.86. The molecule has 1 fully saturated rings. The average molecular weight is 251 g/mol. The van der Waals surface area contributed by atoms with Crippen molar-refractivity contribution in [2.75, 3.05) is 5.43 Å². The predicted octanol–water partition coefficient (Wildman–Crippen LogP) is 2.03. The standard InChI is InChI=1S/C13H18FN3O/c1-8(7-9-5-6-9)16-13(18)10-3-2-4-11(14)12(10)17-15/h2-4,8-9,17H,5-7,15H2,1H3,(H,16,18). The van der Waals surface area contributed by atoms with E-state index in [9.17, 15) is 9.18 Å². The monoisotopic (exact) mass is 251 g/mol. The molecular weight excluding hydrogens is 233 g/mol. The molecule has 0 bridgehead atoms. The van der Waals surface area contributed by atoms with Gasteiger partial charge in [-0.3, -0.25) is 10.6 Å². The van der Waals surface area contributed by atoms with Crippen LogP contribution in [-0.4, -0.2) is 11.9 Å². The first-order valence-electron chi connectivity index (χ1n) is 6.17. The number of rotatable bonds is 5. The SMILES string of the molecule is CC(CC1CC1)NC(=O)c1cccc(F)c1NN. The maximum atomic E-state index is 13.4. The Kier molecular flexibility index (Phi) is 3.81. The first kappa shape index (κ1) is 12.8. The molecule has 0 aromatic heterocycles. The van der Waals surface area contributed by atoms with Gasteiger partial charge < -0.3 is 10.7 Å². The molecule has 0 heterocycles. The van der Waals surface area contributed by atoms with Crippen LogP contribution in [0.5, 0.6) is 0 Å². The molecule has 1 aliphatic rings. The molecule has 1 aliphatic carbocycles. The third-order valence-corrected chi connectivity index (χ3v) is 3.16. The van der Waals surface area contributed by atoms with Gasteiger partial charge in [-0.05, 0) is 31.4 Å². The van der Waals surface area contributed by atoms with E-state index in [0.29, 0.717) is 0 Å². The zero-order valence-electron chi connectivity index (χ0n) is 10.4. The minimum atomic E-state index is -0.528. The highest BCUT2D eigenvalue weighted by Crippen LogP contribution is 2.33. The van der Waals surface area contributed by atoms with E-state index in [1.807, 2.05) is 6.92 Å². The summed E-state index contributed by atoms with van der Waals surface area (Å²) in [6.07, 6.45) is 3.47. The van der Waals surface area contributed by atoms with Gasteiger partial charge in [0.2, 0.25) is 0 Å². The minimum Gasteiger partial charge on any atom is -0.350 e. The number of benzene rings is 1. The van der Waals surface area contributed by atoms with Crippen molar-refractivity contribution in [2.24, 2.45) is 11.8 Å².